The maximum Gasteiger partial charge on any atom is 0.328 e. The van der Waals surface area contributed by atoms with Gasteiger partial charge in [-0.2, -0.15) is 0 Å². The SMILES string of the molecule is COC(=O)CC[C@H](NC(=O)N1CCc2[nH]cnc2C1c1cccc(OC)c1)C(=O)OC. The summed E-state index contributed by atoms with van der Waals surface area (Å²) in [6.45, 7) is 0.411. The third kappa shape index (κ3) is 4.96. The van der Waals surface area contributed by atoms with Gasteiger partial charge in [-0.15, -0.1) is 0 Å². The molecule has 10 heteroatoms. The summed E-state index contributed by atoms with van der Waals surface area (Å²) in [5, 5.41) is 2.70. The van der Waals surface area contributed by atoms with E-state index >= 15 is 0 Å². The zero-order valence-corrected chi connectivity index (χ0v) is 17.7. The molecule has 0 bridgehead atoms. The van der Waals surface area contributed by atoms with E-state index in [9.17, 15) is 14.4 Å². The number of methoxy groups -OCH3 is 3. The minimum atomic E-state index is -0.983. The predicted molar refractivity (Wildman–Crippen MR) is 109 cm³/mol. The largest absolute Gasteiger partial charge is 0.497 e. The highest BCUT2D eigenvalue weighted by atomic mass is 16.5. The third-order valence-electron chi connectivity index (χ3n) is 5.24. The van der Waals surface area contributed by atoms with Crippen LogP contribution in [0.5, 0.6) is 5.75 Å². The minimum Gasteiger partial charge on any atom is -0.497 e. The average Bonchev–Trinajstić information content (AvgIpc) is 3.29. The van der Waals surface area contributed by atoms with Crippen LogP contribution in [0.25, 0.3) is 0 Å². The van der Waals surface area contributed by atoms with Gasteiger partial charge in [0.2, 0.25) is 0 Å². The zero-order valence-electron chi connectivity index (χ0n) is 17.7. The highest BCUT2D eigenvalue weighted by molar-refractivity contribution is 5.84. The van der Waals surface area contributed by atoms with E-state index in [0.29, 0.717) is 18.7 Å². The van der Waals surface area contributed by atoms with Gasteiger partial charge >= 0.3 is 18.0 Å². The fourth-order valence-corrected chi connectivity index (χ4v) is 3.63. The number of rotatable bonds is 7. The highest BCUT2D eigenvalue weighted by Gasteiger charge is 2.36. The van der Waals surface area contributed by atoms with Crippen LogP contribution in [0.3, 0.4) is 0 Å². The fraction of sp³-hybridized carbons (Fsp3) is 0.429. The summed E-state index contributed by atoms with van der Waals surface area (Å²) in [4.78, 5) is 46.1. The molecule has 166 valence electrons. The number of fused-ring (bicyclic) bond motifs is 1. The van der Waals surface area contributed by atoms with Gasteiger partial charge in [0.25, 0.3) is 0 Å². The molecule has 31 heavy (non-hydrogen) atoms. The van der Waals surface area contributed by atoms with Crippen LogP contribution in [0.15, 0.2) is 30.6 Å². The molecule has 2 aromatic rings. The van der Waals surface area contributed by atoms with Gasteiger partial charge in [0.15, 0.2) is 0 Å². The molecule has 3 rings (SSSR count). The first-order chi connectivity index (χ1) is 15.0. The standard InChI is InChI=1S/C21H26N4O6/c1-29-14-6-4-5-13(11-14)19-18-15(22-12-23-18)9-10-25(19)21(28)24-16(20(27)31-3)7-8-17(26)30-2/h4-6,11-12,16,19H,7-10H2,1-3H3,(H,22,23)(H,24,28)/t16-,19?/m0/s1. The Labute approximate surface area is 179 Å². The Kier molecular flexibility index (Phi) is 7.11. The predicted octanol–water partition coefficient (Wildman–Crippen LogP) is 1.57. The van der Waals surface area contributed by atoms with E-state index in [0.717, 1.165) is 17.0 Å². The van der Waals surface area contributed by atoms with Crippen molar-refractivity contribution in [3.63, 3.8) is 0 Å². The van der Waals surface area contributed by atoms with Crippen molar-refractivity contribution in [2.75, 3.05) is 27.9 Å². The van der Waals surface area contributed by atoms with Crippen molar-refractivity contribution in [1.29, 1.82) is 0 Å². The molecule has 1 unspecified atom stereocenters. The van der Waals surface area contributed by atoms with Gasteiger partial charge in [-0.3, -0.25) is 4.79 Å². The number of carbonyl (C=O) groups is 3. The number of urea groups is 1. The second kappa shape index (κ2) is 9.96. The maximum atomic E-state index is 13.2. The van der Waals surface area contributed by atoms with Crippen molar-refractivity contribution >= 4 is 18.0 Å². The first-order valence-electron chi connectivity index (χ1n) is 9.86. The summed E-state index contributed by atoms with van der Waals surface area (Å²) in [5.74, 6) is -0.449. The molecule has 1 aliphatic rings. The molecule has 1 aromatic heterocycles. The normalized spacial score (nSPS) is 16.1. The summed E-state index contributed by atoms with van der Waals surface area (Å²) in [5.41, 5.74) is 2.51. The second-order valence-corrected chi connectivity index (χ2v) is 7.03. The lowest BCUT2D eigenvalue weighted by Crippen LogP contribution is -2.51. The molecular weight excluding hydrogens is 404 g/mol. The van der Waals surface area contributed by atoms with Gasteiger partial charge in [-0.25, -0.2) is 14.6 Å². The second-order valence-electron chi connectivity index (χ2n) is 7.03. The fourth-order valence-electron chi connectivity index (χ4n) is 3.63. The number of amides is 2. The van der Waals surface area contributed by atoms with Gasteiger partial charge in [0.1, 0.15) is 17.8 Å². The summed E-state index contributed by atoms with van der Waals surface area (Å²) in [6, 6.07) is 5.51. The Balaban J connectivity index is 1.86. The van der Waals surface area contributed by atoms with Crippen molar-refractivity contribution in [3.8, 4) is 5.75 Å². The van der Waals surface area contributed by atoms with Crippen LogP contribution in [0.4, 0.5) is 4.79 Å². The van der Waals surface area contributed by atoms with E-state index in [4.69, 9.17) is 9.47 Å². The van der Waals surface area contributed by atoms with Crippen molar-refractivity contribution in [1.82, 2.24) is 20.2 Å². The summed E-state index contributed by atoms with van der Waals surface area (Å²) >= 11 is 0. The van der Waals surface area contributed by atoms with E-state index in [1.165, 1.54) is 14.2 Å². The van der Waals surface area contributed by atoms with Gasteiger partial charge in [-0.05, 0) is 24.1 Å². The number of benzene rings is 1. The highest BCUT2D eigenvalue weighted by Crippen LogP contribution is 2.34. The topological polar surface area (TPSA) is 123 Å². The number of nitrogens with zero attached hydrogens (tertiary/aromatic N) is 2. The van der Waals surface area contributed by atoms with Crippen LogP contribution < -0.4 is 10.1 Å². The van der Waals surface area contributed by atoms with Crippen LogP contribution in [-0.4, -0.2) is 66.8 Å². The molecule has 2 heterocycles. The van der Waals surface area contributed by atoms with E-state index in [1.807, 2.05) is 24.3 Å². The smallest absolute Gasteiger partial charge is 0.328 e. The Morgan fingerprint density at radius 3 is 2.77 bits per heavy atom. The Bertz CT molecular complexity index is 943. The van der Waals surface area contributed by atoms with E-state index in [2.05, 4.69) is 20.0 Å². The van der Waals surface area contributed by atoms with Gasteiger partial charge in [0.05, 0.1) is 33.4 Å². The molecule has 1 aliphatic heterocycles. The lowest BCUT2D eigenvalue weighted by molar-refractivity contribution is -0.144. The van der Waals surface area contributed by atoms with Gasteiger partial charge in [0, 0.05) is 25.1 Å². The van der Waals surface area contributed by atoms with E-state index in [-0.39, 0.29) is 12.8 Å². The van der Waals surface area contributed by atoms with Gasteiger partial charge in [-0.1, -0.05) is 12.1 Å². The monoisotopic (exact) mass is 430 g/mol. The number of carbonyl (C=O) groups excluding carboxylic acids is 3. The molecule has 2 atom stereocenters. The molecule has 1 aromatic carbocycles. The van der Waals surface area contributed by atoms with E-state index < -0.39 is 30.1 Å². The quantitative estimate of drug-likeness (QED) is 0.639. The van der Waals surface area contributed by atoms with E-state index in [1.54, 1.807) is 18.3 Å². The summed E-state index contributed by atoms with van der Waals surface area (Å²) in [7, 11) is 4.07. The number of hydrogen-bond donors (Lipinski definition) is 2. The molecule has 0 radical (unpaired) electrons. The number of nitrogens with one attached hydrogen (secondary N) is 2. The van der Waals surface area contributed by atoms with Crippen LogP contribution in [0.1, 0.15) is 35.8 Å². The first kappa shape index (κ1) is 22.1. The summed E-state index contributed by atoms with van der Waals surface area (Å²) in [6.07, 6.45) is 2.23. The molecular formula is C21H26N4O6. The molecule has 2 amide bonds. The number of hydrogen-bond acceptors (Lipinski definition) is 7. The van der Waals surface area contributed by atoms with Crippen molar-refractivity contribution < 1.29 is 28.6 Å². The molecule has 2 N–H and O–H groups in total. The average molecular weight is 430 g/mol. The molecule has 10 nitrogen and oxygen atoms in total. The van der Waals surface area contributed by atoms with Crippen LogP contribution in [0, 0.1) is 0 Å². The number of aromatic amines is 1. The maximum absolute atomic E-state index is 13.2. The third-order valence-corrected chi connectivity index (χ3v) is 5.24. The summed E-state index contributed by atoms with van der Waals surface area (Å²) < 4.78 is 14.8. The number of esters is 2. The Hall–Kier alpha value is -3.56. The number of imidazole rings is 1. The van der Waals surface area contributed by atoms with Crippen LogP contribution >= 0.6 is 0 Å². The Morgan fingerprint density at radius 1 is 1.26 bits per heavy atom. The molecule has 0 saturated carbocycles. The molecule has 0 fully saturated rings. The number of H-pyrrole nitrogens is 1. The van der Waals surface area contributed by atoms with Crippen LogP contribution in [-0.2, 0) is 25.5 Å². The molecule has 0 spiro atoms. The lowest BCUT2D eigenvalue weighted by atomic mass is 9.95. The molecule has 0 saturated heterocycles. The minimum absolute atomic E-state index is 0.0284. The van der Waals surface area contributed by atoms with Crippen molar-refractivity contribution in [2.45, 2.75) is 31.3 Å². The molecule has 0 aliphatic carbocycles. The first-order valence-corrected chi connectivity index (χ1v) is 9.86. The number of ether oxygens (including phenoxy) is 3. The van der Waals surface area contributed by atoms with Crippen LogP contribution in [0.2, 0.25) is 0 Å². The van der Waals surface area contributed by atoms with Gasteiger partial charge < -0.3 is 29.4 Å². The number of aromatic nitrogens is 2. The zero-order chi connectivity index (χ0) is 22.4. The van der Waals surface area contributed by atoms with Crippen molar-refractivity contribution in [3.05, 3.63) is 47.5 Å². The lowest BCUT2D eigenvalue weighted by Gasteiger charge is -2.36. The Morgan fingerprint density at radius 2 is 2.06 bits per heavy atom. The van der Waals surface area contributed by atoms with Crippen molar-refractivity contribution in [2.24, 2.45) is 0 Å².